The monoisotopic (exact) mass is 400 g/mol. The van der Waals surface area contributed by atoms with Crippen LogP contribution in [0.5, 0.6) is 11.5 Å². The van der Waals surface area contributed by atoms with E-state index in [1.54, 1.807) is 31.4 Å². The van der Waals surface area contributed by atoms with Gasteiger partial charge in [0.25, 0.3) is 0 Å². The van der Waals surface area contributed by atoms with Gasteiger partial charge in [0.1, 0.15) is 5.58 Å². The minimum atomic E-state index is -0.442. The molecule has 6 nitrogen and oxygen atoms in total. The molecule has 7 heteroatoms. The highest BCUT2D eigenvalue weighted by Gasteiger charge is 2.14. The molecule has 0 saturated heterocycles. The molecule has 0 aliphatic heterocycles. The van der Waals surface area contributed by atoms with Crippen LogP contribution < -0.4 is 14.9 Å². The van der Waals surface area contributed by atoms with E-state index in [9.17, 15) is 4.79 Å². The van der Waals surface area contributed by atoms with Crippen LogP contribution in [0, 0.1) is 0 Å². The van der Waals surface area contributed by atoms with E-state index < -0.39 is 5.91 Å². The summed E-state index contributed by atoms with van der Waals surface area (Å²) in [5.74, 6) is 0.730. The average molecular weight is 401 g/mol. The zero-order valence-electron chi connectivity index (χ0n) is 15.9. The van der Waals surface area contributed by atoms with E-state index in [0.717, 1.165) is 11.8 Å². The zero-order valence-corrected chi connectivity index (χ0v) is 16.6. The lowest BCUT2D eigenvalue weighted by atomic mass is 10.2. The van der Waals surface area contributed by atoms with Crippen LogP contribution in [-0.2, 0) is 0 Å². The number of amides is 1. The van der Waals surface area contributed by atoms with Crippen LogP contribution in [0.3, 0.4) is 0 Å². The van der Waals surface area contributed by atoms with Crippen molar-refractivity contribution in [3.8, 4) is 11.5 Å². The Morgan fingerprint density at radius 1 is 1.32 bits per heavy atom. The number of ether oxygens (including phenoxy) is 2. The van der Waals surface area contributed by atoms with Gasteiger partial charge >= 0.3 is 5.91 Å². The number of benzene rings is 2. The molecular weight excluding hydrogens is 380 g/mol. The minimum Gasteiger partial charge on any atom is -0.493 e. The zero-order chi connectivity index (χ0) is 20.1. The van der Waals surface area contributed by atoms with E-state index in [0.29, 0.717) is 27.7 Å². The second-order valence-electron chi connectivity index (χ2n) is 6.22. The lowest BCUT2D eigenvalue weighted by molar-refractivity contribution is 0.0929. The molecule has 1 atom stereocenters. The second kappa shape index (κ2) is 8.80. The first-order chi connectivity index (χ1) is 13.5. The van der Waals surface area contributed by atoms with Crippen LogP contribution in [0.2, 0.25) is 5.02 Å². The molecule has 0 bridgehead atoms. The summed E-state index contributed by atoms with van der Waals surface area (Å²) in [5, 5.41) is 5.23. The van der Waals surface area contributed by atoms with Crippen molar-refractivity contribution in [1.29, 1.82) is 0 Å². The topological polar surface area (TPSA) is 73.1 Å². The van der Waals surface area contributed by atoms with E-state index >= 15 is 0 Å². The van der Waals surface area contributed by atoms with Gasteiger partial charge in [0.15, 0.2) is 17.3 Å². The van der Waals surface area contributed by atoms with Crippen LogP contribution in [0.15, 0.2) is 52.0 Å². The molecule has 3 aromatic rings. The van der Waals surface area contributed by atoms with Gasteiger partial charge in [-0.05, 0) is 43.2 Å². The van der Waals surface area contributed by atoms with Crippen molar-refractivity contribution in [3.05, 3.63) is 58.8 Å². The van der Waals surface area contributed by atoms with E-state index in [1.807, 2.05) is 32.0 Å². The molecule has 146 valence electrons. The molecule has 0 saturated carbocycles. The van der Waals surface area contributed by atoms with Crippen LogP contribution in [0.1, 0.15) is 36.4 Å². The van der Waals surface area contributed by atoms with Crippen molar-refractivity contribution in [3.63, 3.8) is 0 Å². The molecule has 1 aromatic heterocycles. The minimum absolute atomic E-state index is 0.00835. The first-order valence-electron chi connectivity index (χ1n) is 8.88. The lowest BCUT2D eigenvalue weighted by Crippen LogP contribution is -2.16. The number of carbonyl (C=O) groups excluding carboxylic acids is 1. The molecular formula is C21H21ClN2O4. The molecule has 0 spiro atoms. The van der Waals surface area contributed by atoms with Gasteiger partial charge in [0, 0.05) is 5.39 Å². The van der Waals surface area contributed by atoms with E-state index in [1.165, 1.54) is 6.21 Å². The maximum absolute atomic E-state index is 12.2. The van der Waals surface area contributed by atoms with Crippen molar-refractivity contribution in [2.75, 3.05) is 7.11 Å². The van der Waals surface area contributed by atoms with Crippen molar-refractivity contribution in [1.82, 2.24) is 5.43 Å². The summed E-state index contributed by atoms with van der Waals surface area (Å²) < 4.78 is 16.7. The van der Waals surface area contributed by atoms with Crippen LogP contribution >= 0.6 is 11.6 Å². The highest BCUT2D eigenvalue weighted by atomic mass is 35.5. The number of halogens is 1. The van der Waals surface area contributed by atoms with Gasteiger partial charge in [-0.2, -0.15) is 5.10 Å². The smallest absolute Gasteiger partial charge is 0.307 e. The Kier molecular flexibility index (Phi) is 6.21. The van der Waals surface area contributed by atoms with Crippen LogP contribution in [0.4, 0.5) is 0 Å². The Bertz CT molecular complexity index is 980. The number of para-hydroxylation sites is 1. The van der Waals surface area contributed by atoms with Gasteiger partial charge in [-0.1, -0.05) is 36.7 Å². The first-order valence-corrected chi connectivity index (χ1v) is 9.25. The molecule has 1 N–H and O–H groups in total. The molecule has 28 heavy (non-hydrogen) atoms. The summed E-state index contributed by atoms with van der Waals surface area (Å²) >= 11 is 6.33. The Morgan fingerprint density at radius 3 is 2.82 bits per heavy atom. The van der Waals surface area contributed by atoms with Gasteiger partial charge in [0.2, 0.25) is 0 Å². The molecule has 0 fully saturated rings. The number of methoxy groups -OCH3 is 1. The second-order valence-corrected chi connectivity index (χ2v) is 6.63. The highest BCUT2D eigenvalue weighted by molar-refractivity contribution is 6.32. The third kappa shape index (κ3) is 4.46. The molecule has 3 rings (SSSR count). The summed E-state index contributed by atoms with van der Waals surface area (Å²) in [7, 11) is 1.54. The fourth-order valence-electron chi connectivity index (χ4n) is 2.53. The van der Waals surface area contributed by atoms with Crippen LogP contribution in [-0.4, -0.2) is 25.3 Å². The number of hydrogen-bond donors (Lipinski definition) is 1. The number of fused-ring (bicyclic) bond motifs is 1. The number of hydrazone groups is 1. The molecule has 0 aliphatic carbocycles. The summed E-state index contributed by atoms with van der Waals surface area (Å²) in [4.78, 5) is 12.2. The van der Waals surface area contributed by atoms with Crippen molar-refractivity contribution in [2.24, 2.45) is 5.10 Å². The molecule has 0 unspecified atom stereocenters. The summed E-state index contributed by atoms with van der Waals surface area (Å²) in [6.45, 7) is 3.98. The highest BCUT2D eigenvalue weighted by Crippen LogP contribution is 2.37. The Labute approximate surface area is 168 Å². The third-order valence-electron chi connectivity index (χ3n) is 4.17. The lowest BCUT2D eigenvalue weighted by Gasteiger charge is -2.17. The maximum Gasteiger partial charge on any atom is 0.307 e. The Hall–Kier alpha value is -2.99. The number of rotatable bonds is 7. The van der Waals surface area contributed by atoms with Crippen molar-refractivity contribution in [2.45, 2.75) is 26.4 Å². The van der Waals surface area contributed by atoms with Gasteiger partial charge < -0.3 is 13.9 Å². The quantitative estimate of drug-likeness (QED) is 0.445. The van der Waals surface area contributed by atoms with Crippen molar-refractivity contribution < 1.29 is 18.7 Å². The van der Waals surface area contributed by atoms with Gasteiger partial charge in [-0.3, -0.25) is 4.79 Å². The largest absolute Gasteiger partial charge is 0.493 e. The normalized spacial score (nSPS) is 12.3. The standard InChI is InChI=1S/C21H21ClN2O4/c1-4-13(2)27-20-16(22)9-14(10-18(20)26-3)12-23-24-21(25)19-11-15-7-5-6-8-17(15)28-19/h5-13H,4H2,1-3H3,(H,24,25)/b23-12+/t13-/m1/s1. The fraction of sp³-hybridized carbons (Fsp3) is 0.238. The SMILES string of the molecule is CC[C@@H](C)Oc1c(Cl)cc(/C=N/NC(=O)c2cc3ccccc3o2)cc1OC. The molecule has 0 radical (unpaired) electrons. The predicted octanol–water partition coefficient (Wildman–Crippen LogP) is 5.04. The number of nitrogens with one attached hydrogen (secondary N) is 1. The maximum atomic E-state index is 12.2. The number of carbonyl (C=O) groups is 1. The van der Waals surface area contributed by atoms with Gasteiger partial charge in [-0.25, -0.2) is 5.43 Å². The summed E-state index contributed by atoms with van der Waals surface area (Å²) in [6.07, 6.45) is 2.33. The van der Waals surface area contributed by atoms with E-state index in [4.69, 9.17) is 25.5 Å². The summed E-state index contributed by atoms with van der Waals surface area (Å²) in [5.41, 5.74) is 3.74. The number of furan rings is 1. The van der Waals surface area contributed by atoms with Gasteiger partial charge in [-0.15, -0.1) is 0 Å². The molecule has 1 heterocycles. The first kappa shape index (κ1) is 19.8. The van der Waals surface area contributed by atoms with E-state index in [2.05, 4.69) is 10.5 Å². The Morgan fingerprint density at radius 2 is 2.11 bits per heavy atom. The predicted molar refractivity (Wildman–Crippen MR) is 110 cm³/mol. The third-order valence-corrected chi connectivity index (χ3v) is 4.46. The molecule has 0 aliphatic rings. The molecule has 1 amide bonds. The Balaban J connectivity index is 1.72. The van der Waals surface area contributed by atoms with E-state index in [-0.39, 0.29) is 11.9 Å². The van der Waals surface area contributed by atoms with Crippen LogP contribution in [0.25, 0.3) is 11.0 Å². The van der Waals surface area contributed by atoms with Gasteiger partial charge in [0.05, 0.1) is 24.5 Å². The number of hydrogen-bond acceptors (Lipinski definition) is 5. The summed E-state index contributed by atoms with van der Waals surface area (Å²) in [6, 6.07) is 12.5. The average Bonchev–Trinajstić information content (AvgIpc) is 3.13. The fourth-order valence-corrected chi connectivity index (χ4v) is 2.79. The molecule has 2 aromatic carbocycles. The van der Waals surface area contributed by atoms with Crippen molar-refractivity contribution >= 4 is 34.7 Å². The number of nitrogens with zero attached hydrogens (tertiary/aromatic N) is 1.